The highest BCUT2D eigenvalue weighted by molar-refractivity contribution is 6.30. The lowest BCUT2D eigenvalue weighted by atomic mass is 9.99. The lowest BCUT2D eigenvalue weighted by Gasteiger charge is -2.18. The van der Waals surface area contributed by atoms with E-state index in [1.165, 1.54) is 12.1 Å². The zero-order valence-electron chi connectivity index (χ0n) is 20.0. The molecule has 4 aromatic carbocycles. The van der Waals surface area contributed by atoms with Crippen molar-refractivity contribution in [3.8, 4) is 5.75 Å². The van der Waals surface area contributed by atoms with E-state index in [0.29, 0.717) is 27.6 Å². The lowest BCUT2D eigenvalue weighted by Crippen LogP contribution is -2.21. The summed E-state index contributed by atoms with van der Waals surface area (Å²) in [5.74, 6) is -0.732. The van der Waals surface area contributed by atoms with Gasteiger partial charge in [0, 0.05) is 21.8 Å². The number of amides is 1. The van der Waals surface area contributed by atoms with Crippen LogP contribution in [0.1, 0.15) is 37.9 Å². The number of ether oxygens (including phenoxy) is 2. The fourth-order valence-corrected chi connectivity index (χ4v) is 3.71. The van der Waals surface area contributed by atoms with Gasteiger partial charge in [0.1, 0.15) is 5.75 Å². The number of benzene rings is 4. The summed E-state index contributed by atoms with van der Waals surface area (Å²) < 4.78 is 11.2. The number of Topliss-reactive ketones (excluding diaryl/α,β-unsaturated/α-hetero) is 1. The van der Waals surface area contributed by atoms with Gasteiger partial charge >= 0.3 is 5.97 Å². The molecule has 7 heteroatoms. The molecule has 186 valence electrons. The summed E-state index contributed by atoms with van der Waals surface area (Å²) in [6.45, 7) is 1.75. The molecule has 0 saturated carbocycles. The third-order valence-corrected chi connectivity index (χ3v) is 5.80. The van der Waals surface area contributed by atoms with Gasteiger partial charge in [-0.05, 0) is 55.0 Å². The van der Waals surface area contributed by atoms with Gasteiger partial charge in [-0.1, -0.05) is 72.3 Å². The van der Waals surface area contributed by atoms with E-state index in [1.807, 2.05) is 25.1 Å². The van der Waals surface area contributed by atoms with E-state index < -0.39 is 12.1 Å². The number of carbonyl (C=O) groups is 3. The molecule has 0 spiro atoms. The van der Waals surface area contributed by atoms with Crippen molar-refractivity contribution in [3.63, 3.8) is 0 Å². The van der Waals surface area contributed by atoms with Crippen LogP contribution in [0, 0.1) is 6.92 Å². The molecule has 0 fully saturated rings. The van der Waals surface area contributed by atoms with Gasteiger partial charge < -0.3 is 14.8 Å². The van der Waals surface area contributed by atoms with Crippen LogP contribution in [-0.2, 0) is 9.53 Å². The monoisotopic (exact) mass is 513 g/mol. The standard InChI is InChI=1S/C30H24ClNO5/c1-20-7-5-6-10-26(20)36-19-27(33)32-25-17-13-23(14-18-25)30(35)37-29(22-11-15-24(31)16-12-22)28(34)21-8-3-2-4-9-21/h2-18,29H,19H2,1H3,(H,32,33)/t29-/m1/s1. The molecule has 6 nitrogen and oxygen atoms in total. The number of nitrogens with one attached hydrogen (secondary N) is 1. The summed E-state index contributed by atoms with van der Waals surface area (Å²) in [7, 11) is 0. The summed E-state index contributed by atoms with van der Waals surface area (Å²) in [6, 6.07) is 28.8. The van der Waals surface area contributed by atoms with Crippen molar-refractivity contribution in [1.29, 1.82) is 0 Å². The van der Waals surface area contributed by atoms with Crippen molar-refractivity contribution < 1.29 is 23.9 Å². The number of rotatable bonds is 9. The molecule has 1 atom stereocenters. The first-order chi connectivity index (χ1) is 17.9. The number of carbonyl (C=O) groups excluding carboxylic acids is 3. The number of hydrogen-bond donors (Lipinski definition) is 1. The van der Waals surface area contributed by atoms with Gasteiger partial charge in [-0.15, -0.1) is 0 Å². The highest BCUT2D eigenvalue weighted by Gasteiger charge is 2.27. The Morgan fingerprint density at radius 2 is 1.43 bits per heavy atom. The minimum atomic E-state index is -1.15. The molecule has 0 aromatic heterocycles. The lowest BCUT2D eigenvalue weighted by molar-refractivity contribution is -0.118. The van der Waals surface area contributed by atoms with Crippen molar-refractivity contribution in [3.05, 3.63) is 130 Å². The van der Waals surface area contributed by atoms with Crippen LogP contribution in [0.3, 0.4) is 0 Å². The predicted octanol–water partition coefficient (Wildman–Crippen LogP) is 6.45. The van der Waals surface area contributed by atoms with Crippen LogP contribution in [0.15, 0.2) is 103 Å². The topological polar surface area (TPSA) is 81.7 Å². The third kappa shape index (κ3) is 6.84. The minimum Gasteiger partial charge on any atom is -0.483 e. The van der Waals surface area contributed by atoms with Gasteiger partial charge in [0.2, 0.25) is 5.78 Å². The Morgan fingerprint density at radius 1 is 0.784 bits per heavy atom. The van der Waals surface area contributed by atoms with Crippen molar-refractivity contribution >= 4 is 34.9 Å². The Balaban J connectivity index is 1.42. The van der Waals surface area contributed by atoms with E-state index >= 15 is 0 Å². The smallest absolute Gasteiger partial charge is 0.339 e. The van der Waals surface area contributed by atoms with Gasteiger partial charge in [-0.2, -0.15) is 0 Å². The zero-order valence-corrected chi connectivity index (χ0v) is 20.8. The summed E-state index contributed by atoms with van der Waals surface area (Å²) in [5.41, 5.74) is 2.57. The number of para-hydroxylation sites is 1. The molecule has 0 aliphatic carbocycles. The first kappa shape index (κ1) is 25.7. The Kier molecular flexibility index (Phi) is 8.33. The molecule has 1 amide bonds. The highest BCUT2D eigenvalue weighted by Crippen LogP contribution is 2.26. The van der Waals surface area contributed by atoms with E-state index in [4.69, 9.17) is 21.1 Å². The molecule has 37 heavy (non-hydrogen) atoms. The number of anilines is 1. The number of aryl methyl sites for hydroxylation is 1. The predicted molar refractivity (Wildman–Crippen MR) is 142 cm³/mol. The summed E-state index contributed by atoms with van der Waals surface area (Å²) >= 11 is 5.99. The molecular weight excluding hydrogens is 490 g/mol. The molecule has 0 aliphatic heterocycles. The van der Waals surface area contributed by atoms with Crippen molar-refractivity contribution in [2.75, 3.05) is 11.9 Å². The van der Waals surface area contributed by atoms with Crippen LogP contribution in [0.25, 0.3) is 0 Å². The van der Waals surface area contributed by atoms with E-state index in [0.717, 1.165) is 5.56 Å². The highest BCUT2D eigenvalue weighted by atomic mass is 35.5. The van der Waals surface area contributed by atoms with E-state index in [-0.39, 0.29) is 23.9 Å². The third-order valence-electron chi connectivity index (χ3n) is 5.55. The average Bonchev–Trinajstić information content (AvgIpc) is 2.92. The quantitative estimate of drug-likeness (QED) is 0.205. The van der Waals surface area contributed by atoms with E-state index in [2.05, 4.69) is 5.32 Å². The van der Waals surface area contributed by atoms with Crippen LogP contribution in [0.2, 0.25) is 5.02 Å². The van der Waals surface area contributed by atoms with Crippen LogP contribution in [0.5, 0.6) is 5.75 Å². The van der Waals surface area contributed by atoms with Crippen molar-refractivity contribution in [2.24, 2.45) is 0 Å². The molecule has 0 heterocycles. The number of halogens is 1. The van der Waals surface area contributed by atoms with E-state index in [9.17, 15) is 14.4 Å². The molecular formula is C30H24ClNO5. The van der Waals surface area contributed by atoms with Crippen LogP contribution in [0.4, 0.5) is 5.69 Å². The van der Waals surface area contributed by atoms with Gasteiger partial charge in [-0.25, -0.2) is 4.79 Å². The van der Waals surface area contributed by atoms with Crippen molar-refractivity contribution in [2.45, 2.75) is 13.0 Å². The van der Waals surface area contributed by atoms with Crippen molar-refractivity contribution in [1.82, 2.24) is 0 Å². The molecule has 0 aliphatic rings. The fraction of sp³-hybridized carbons (Fsp3) is 0.100. The number of hydrogen-bond acceptors (Lipinski definition) is 5. The largest absolute Gasteiger partial charge is 0.483 e. The normalized spacial score (nSPS) is 11.3. The minimum absolute atomic E-state index is 0.154. The second-order valence-electron chi connectivity index (χ2n) is 8.25. The zero-order chi connectivity index (χ0) is 26.2. The second-order valence-corrected chi connectivity index (χ2v) is 8.68. The maximum Gasteiger partial charge on any atom is 0.339 e. The first-order valence-electron chi connectivity index (χ1n) is 11.5. The first-order valence-corrected chi connectivity index (χ1v) is 11.9. The summed E-state index contributed by atoms with van der Waals surface area (Å²) in [4.78, 5) is 38.4. The second kappa shape index (κ2) is 12.0. The molecule has 4 aromatic rings. The van der Waals surface area contributed by atoms with Gasteiger partial charge in [-0.3, -0.25) is 9.59 Å². The van der Waals surface area contributed by atoms with Crippen LogP contribution in [-0.4, -0.2) is 24.3 Å². The molecule has 0 unspecified atom stereocenters. The van der Waals surface area contributed by atoms with Gasteiger partial charge in [0.05, 0.1) is 5.56 Å². The number of esters is 1. The Hall–Kier alpha value is -4.42. The molecule has 4 rings (SSSR count). The molecule has 0 saturated heterocycles. The maximum absolute atomic E-state index is 13.2. The molecule has 1 N–H and O–H groups in total. The Labute approximate surface area is 219 Å². The van der Waals surface area contributed by atoms with Crippen LogP contribution >= 0.6 is 11.6 Å². The molecule has 0 bridgehead atoms. The van der Waals surface area contributed by atoms with Gasteiger partial charge in [0.25, 0.3) is 5.91 Å². The summed E-state index contributed by atoms with van der Waals surface area (Å²) in [5, 5.41) is 3.23. The molecule has 0 radical (unpaired) electrons. The van der Waals surface area contributed by atoms with E-state index in [1.54, 1.807) is 72.8 Å². The SMILES string of the molecule is Cc1ccccc1OCC(=O)Nc1ccc(C(=O)O[C@@H](C(=O)c2ccccc2)c2ccc(Cl)cc2)cc1. The number of ketones is 1. The fourth-order valence-electron chi connectivity index (χ4n) is 3.59. The maximum atomic E-state index is 13.2. The average molecular weight is 514 g/mol. The summed E-state index contributed by atoms with van der Waals surface area (Å²) in [6.07, 6.45) is -1.15. The van der Waals surface area contributed by atoms with Crippen LogP contribution < -0.4 is 10.1 Å². The van der Waals surface area contributed by atoms with Gasteiger partial charge in [0.15, 0.2) is 12.7 Å². The Bertz CT molecular complexity index is 1390. The Morgan fingerprint density at radius 3 is 2.11 bits per heavy atom.